The molecule has 0 bridgehead atoms. The van der Waals surface area contributed by atoms with Crippen molar-refractivity contribution in [2.75, 3.05) is 20.1 Å². The molecule has 0 radical (unpaired) electrons. The van der Waals surface area contributed by atoms with E-state index in [9.17, 15) is 4.79 Å². The van der Waals surface area contributed by atoms with Crippen molar-refractivity contribution in [2.45, 2.75) is 18.6 Å². The number of carbonyl (C=O) groups is 1. The third-order valence-corrected chi connectivity index (χ3v) is 2.98. The Morgan fingerprint density at radius 3 is 2.59 bits per heavy atom. The molecule has 1 N–H and O–H groups in total. The van der Waals surface area contributed by atoms with Gasteiger partial charge in [0.05, 0.1) is 13.0 Å². The van der Waals surface area contributed by atoms with E-state index in [0.29, 0.717) is 19.7 Å². The first-order chi connectivity index (χ1) is 8.10. The first-order valence-corrected chi connectivity index (χ1v) is 5.68. The van der Waals surface area contributed by atoms with E-state index in [-0.39, 0.29) is 6.42 Å². The van der Waals surface area contributed by atoms with Gasteiger partial charge in [-0.05, 0) is 12.6 Å². The molecule has 0 spiro atoms. The highest BCUT2D eigenvalue weighted by molar-refractivity contribution is 5.68. The van der Waals surface area contributed by atoms with Gasteiger partial charge in [0.15, 0.2) is 0 Å². The van der Waals surface area contributed by atoms with E-state index >= 15 is 0 Å². The third-order valence-electron chi connectivity index (χ3n) is 2.98. The van der Waals surface area contributed by atoms with E-state index in [4.69, 9.17) is 9.84 Å². The number of ether oxygens (including phenoxy) is 1. The molecule has 0 atom stereocenters. The molecule has 0 unspecified atom stereocenters. The quantitative estimate of drug-likeness (QED) is 0.837. The second-order valence-corrected chi connectivity index (χ2v) is 4.70. The number of hydrogen-bond donors (Lipinski definition) is 1. The molecule has 4 heteroatoms. The van der Waals surface area contributed by atoms with Gasteiger partial charge in [-0.3, -0.25) is 4.79 Å². The summed E-state index contributed by atoms with van der Waals surface area (Å²) in [5, 5.41) is 8.90. The van der Waals surface area contributed by atoms with E-state index < -0.39 is 11.6 Å². The van der Waals surface area contributed by atoms with Crippen LogP contribution in [0.5, 0.6) is 0 Å². The molecule has 1 saturated heterocycles. The predicted molar refractivity (Wildman–Crippen MR) is 63.7 cm³/mol. The number of aliphatic carboxylic acids is 1. The Hall–Kier alpha value is -1.39. The zero-order chi connectivity index (χ0) is 12.3. The number of rotatable bonds is 5. The SMILES string of the molecule is CN1CC(CC(=O)O)(OCc2ccccc2)C1. The van der Waals surface area contributed by atoms with E-state index in [1.165, 1.54) is 0 Å². The van der Waals surface area contributed by atoms with Crippen LogP contribution in [0.4, 0.5) is 0 Å². The normalized spacial score (nSPS) is 18.6. The minimum absolute atomic E-state index is 0.0736. The first kappa shape index (κ1) is 12.1. The van der Waals surface area contributed by atoms with Gasteiger partial charge < -0.3 is 14.7 Å². The average molecular weight is 235 g/mol. The number of likely N-dealkylation sites (N-methyl/N-ethyl adjacent to an activating group) is 1. The molecule has 0 amide bonds. The Balaban J connectivity index is 1.93. The lowest BCUT2D eigenvalue weighted by molar-refractivity contribution is -0.169. The van der Waals surface area contributed by atoms with Crippen LogP contribution in [0.25, 0.3) is 0 Å². The Morgan fingerprint density at radius 2 is 2.06 bits per heavy atom. The zero-order valence-corrected chi connectivity index (χ0v) is 9.93. The van der Waals surface area contributed by atoms with Crippen LogP contribution in [-0.4, -0.2) is 41.7 Å². The highest BCUT2D eigenvalue weighted by Crippen LogP contribution is 2.28. The molecule has 92 valence electrons. The highest BCUT2D eigenvalue weighted by atomic mass is 16.5. The van der Waals surface area contributed by atoms with Crippen LogP contribution in [0.2, 0.25) is 0 Å². The summed E-state index contributed by atoms with van der Waals surface area (Å²) in [4.78, 5) is 12.9. The first-order valence-electron chi connectivity index (χ1n) is 5.68. The van der Waals surface area contributed by atoms with Crippen molar-refractivity contribution in [3.63, 3.8) is 0 Å². The number of likely N-dealkylation sites (tertiary alicyclic amines) is 1. The van der Waals surface area contributed by atoms with Gasteiger partial charge in [-0.15, -0.1) is 0 Å². The molecule has 2 rings (SSSR count). The van der Waals surface area contributed by atoms with Crippen molar-refractivity contribution in [1.29, 1.82) is 0 Å². The molecule has 0 saturated carbocycles. The molecule has 0 aliphatic carbocycles. The molecule has 17 heavy (non-hydrogen) atoms. The van der Waals surface area contributed by atoms with Gasteiger partial charge in [-0.25, -0.2) is 0 Å². The predicted octanol–water partition coefficient (Wildman–Crippen LogP) is 1.36. The van der Waals surface area contributed by atoms with Gasteiger partial charge in [0, 0.05) is 13.1 Å². The van der Waals surface area contributed by atoms with E-state index in [1.54, 1.807) is 0 Å². The standard InChI is InChI=1S/C13H17NO3/c1-14-9-13(10-14,7-12(15)16)17-8-11-5-3-2-4-6-11/h2-6H,7-10H2,1H3,(H,15,16). The van der Waals surface area contributed by atoms with Gasteiger partial charge >= 0.3 is 5.97 Å². The van der Waals surface area contributed by atoms with Gasteiger partial charge in [0.25, 0.3) is 0 Å². The van der Waals surface area contributed by atoms with Crippen LogP contribution in [0.15, 0.2) is 30.3 Å². The van der Waals surface area contributed by atoms with Gasteiger partial charge in [0.2, 0.25) is 0 Å². The lowest BCUT2D eigenvalue weighted by Gasteiger charge is -2.47. The second kappa shape index (κ2) is 4.85. The van der Waals surface area contributed by atoms with Crippen LogP contribution in [0.3, 0.4) is 0 Å². The maximum absolute atomic E-state index is 10.8. The summed E-state index contributed by atoms with van der Waals surface area (Å²) in [6.45, 7) is 1.85. The van der Waals surface area contributed by atoms with Crippen LogP contribution >= 0.6 is 0 Å². The van der Waals surface area contributed by atoms with Crippen molar-refractivity contribution in [3.05, 3.63) is 35.9 Å². The van der Waals surface area contributed by atoms with E-state index in [2.05, 4.69) is 4.90 Å². The molecular formula is C13H17NO3. The molecule has 1 heterocycles. The fourth-order valence-electron chi connectivity index (χ4n) is 2.28. The summed E-state index contributed by atoms with van der Waals surface area (Å²) >= 11 is 0. The lowest BCUT2D eigenvalue weighted by atomic mass is 9.90. The van der Waals surface area contributed by atoms with Crippen LogP contribution in [0.1, 0.15) is 12.0 Å². The van der Waals surface area contributed by atoms with Gasteiger partial charge in [0.1, 0.15) is 5.60 Å². The number of hydrogen-bond acceptors (Lipinski definition) is 3. The lowest BCUT2D eigenvalue weighted by Crippen LogP contribution is -2.62. The minimum atomic E-state index is -0.800. The molecule has 1 fully saturated rings. The van der Waals surface area contributed by atoms with Gasteiger partial charge in [-0.1, -0.05) is 30.3 Å². The van der Waals surface area contributed by atoms with Crippen molar-refractivity contribution in [1.82, 2.24) is 4.90 Å². The van der Waals surface area contributed by atoms with Crippen molar-refractivity contribution in [3.8, 4) is 0 Å². The number of carboxylic acids is 1. The van der Waals surface area contributed by atoms with Crippen molar-refractivity contribution < 1.29 is 14.6 Å². The van der Waals surface area contributed by atoms with Crippen molar-refractivity contribution >= 4 is 5.97 Å². The van der Waals surface area contributed by atoms with Gasteiger partial charge in [-0.2, -0.15) is 0 Å². The molecule has 1 aromatic rings. The fraction of sp³-hybridized carbons (Fsp3) is 0.462. The molecule has 1 aliphatic heterocycles. The summed E-state index contributed by atoms with van der Waals surface area (Å²) in [7, 11) is 1.96. The maximum atomic E-state index is 10.8. The monoisotopic (exact) mass is 235 g/mol. The summed E-state index contributed by atoms with van der Waals surface area (Å²) in [6, 6.07) is 9.83. The Morgan fingerprint density at radius 1 is 1.41 bits per heavy atom. The summed E-state index contributed by atoms with van der Waals surface area (Å²) in [6.07, 6.45) is 0.0736. The molecule has 4 nitrogen and oxygen atoms in total. The third kappa shape index (κ3) is 3.05. The van der Waals surface area contributed by atoms with Crippen LogP contribution < -0.4 is 0 Å². The summed E-state index contributed by atoms with van der Waals surface area (Å²) < 4.78 is 5.81. The molecule has 1 aromatic carbocycles. The second-order valence-electron chi connectivity index (χ2n) is 4.70. The van der Waals surface area contributed by atoms with Crippen LogP contribution in [0, 0.1) is 0 Å². The Labute approximate surface area is 101 Å². The average Bonchev–Trinajstić information content (AvgIpc) is 2.25. The van der Waals surface area contributed by atoms with Crippen LogP contribution in [-0.2, 0) is 16.1 Å². The summed E-state index contributed by atoms with van der Waals surface area (Å²) in [5.41, 5.74) is 0.572. The van der Waals surface area contributed by atoms with Crippen molar-refractivity contribution in [2.24, 2.45) is 0 Å². The highest BCUT2D eigenvalue weighted by Gasteiger charge is 2.44. The Kier molecular flexibility index (Phi) is 3.45. The van der Waals surface area contributed by atoms with E-state index in [1.807, 2.05) is 37.4 Å². The zero-order valence-electron chi connectivity index (χ0n) is 9.93. The minimum Gasteiger partial charge on any atom is -0.481 e. The molecular weight excluding hydrogens is 218 g/mol. The Bertz CT molecular complexity index is 385. The fourth-order valence-corrected chi connectivity index (χ4v) is 2.28. The topological polar surface area (TPSA) is 49.8 Å². The van der Waals surface area contributed by atoms with E-state index in [0.717, 1.165) is 5.56 Å². The number of carboxylic acid groups (broad SMARTS) is 1. The molecule has 1 aliphatic rings. The summed E-state index contributed by atoms with van der Waals surface area (Å²) in [5.74, 6) is -0.800. The maximum Gasteiger partial charge on any atom is 0.306 e. The number of benzene rings is 1. The smallest absolute Gasteiger partial charge is 0.306 e. The molecule has 0 aromatic heterocycles. The number of nitrogens with zero attached hydrogens (tertiary/aromatic N) is 1. The largest absolute Gasteiger partial charge is 0.481 e.